The molecule has 3 rings (SSSR count). The molecule has 160 valence electrons. The van der Waals surface area contributed by atoms with Gasteiger partial charge in [0.25, 0.3) is 5.69 Å². The molecule has 0 radical (unpaired) electrons. The zero-order valence-corrected chi connectivity index (χ0v) is 18.7. The van der Waals surface area contributed by atoms with Gasteiger partial charge in [-0.25, -0.2) is 9.79 Å². The van der Waals surface area contributed by atoms with E-state index in [1.165, 1.54) is 25.3 Å². The van der Waals surface area contributed by atoms with Gasteiger partial charge in [-0.3, -0.25) is 10.1 Å². The fraction of sp³-hybridized carbons (Fsp3) is 0.182. The number of ether oxygens (including phenoxy) is 3. The minimum atomic E-state index is -0.654. The molecule has 0 atom stereocenters. The standard InChI is InChI=1S/C22H19BrN2O6/c1-12(2)11-30-20-16(23)8-14(10-19(20)29-4)9-17-22(26)31-21(24-17)15-6-5-7-18(13(15)3)25(27)28/h5-10H,1,11H2,2-4H3/b17-9-. The van der Waals surface area contributed by atoms with Crippen molar-refractivity contribution >= 4 is 39.6 Å². The van der Waals surface area contributed by atoms with E-state index in [0.717, 1.165) is 5.57 Å². The maximum Gasteiger partial charge on any atom is 0.363 e. The summed E-state index contributed by atoms with van der Waals surface area (Å²) in [6.45, 7) is 7.57. The highest BCUT2D eigenvalue weighted by molar-refractivity contribution is 9.10. The van der Waals surface area contributed by atoms with E-state index in [4.69, 9.17) is 14.2 Å². The van der Waals surface area contributed by atoms with Crippen LogP contribution in [0.15, 0.2) is 57.6 Å². The van der Waals surface area contributed by atoms with Gasteiger partial charge in [0.15, 0.2) is 17.2 Å². The lowest BCUT2D eigenvalue weighted by Gasteiger charge is -2.13. The van der Waals surface area contributed by atoms with Crippen LogP contribution in [0.2, 0.25) is 0 Å². The van der Waals surface area contributed by atoms with Crippen molar-refractivity contribution in [2.24, 2.45) is 4.99 Å². The number of aliphatic imine (C=N–C) groups is 1. The van der Waals surface area contributed by atoms with E-state index in [2.05, 4.69) is 27.5 Å². The lowest BCUT2D eigenvalue weighted by molar-refractivity contribution is -0.385. The number of nitro benzene ring substituents is 1. The Morgan fingerprint density at radius 3 is 2.77 bits per heavy atom. The third-order valence-electron chi connectivity index (χ3n) is 4.37. The number of cyclic esters (lactones) is 1. The second-order valence-corrected chi connectivity index (χ2v) is 7.68. The van der Waals surface area contributed by atoms with Crippen LogP contribution in [0.5, 0.6) is 11.5 Å². The quantitative estimate of drug-likeness (QED) is 0.180. The molecule has 0 aromatic heterocycles. The average molecular weight is 487 g/mol. The molecule has 0 saturated heterocycles. The summed E-state index contributed by atoms with van der Waals surface area (Å²) >= 11 is 3.45. The molecule has 0 N–H and O–H groups in total. The lowest BCUT2D eigenvalue weighted by Crippen LogP contribution is -2.08. The number of benzene rings is 2. The smallest absolute Gasteiger partial charge is 0.363 e. The third kappa shape index (κ3) is 4.83. The van der Waals surface area contributed by atoms with Gasteiger partial charge in [0.1, 0.15) is 6.61 Å². The second kappa shape index (κ2) is 9.13. The lowest BCUT2D eigenvalue weighted by atomic mass is 10.1. The van der Waals surface area contributed by atoms with Crippen LogP contribution in [0.1, 0.15) is 23.6 Å². The Bertz CT molecular complexity index is 1150. The minimum Gasteiger partial charge on any atom is -0.493 e. The topological polar surface area (TPSA) is 100 Å². The maximum atomic E-state index is 12.4. The van der Waals surface area contributed by atoms with E-state index in [0.29, 0.717) is 39.3 Å². The fourth-order valence-corrected chi connectivity index (χ4v) is 3.47. The number of carbonyl (C=O) groups excluding carboxylic acids is 1. The highest BCUT2D eigenvalue weighted by atomic mass is 79.9. The summed E-state index contributed by atoms with van der Waals surface area (Å²) in [6.07, 6.45) is 1.54. The van der Waals surface area contributed by atoms with E-state index in [9.17, 15) is 14.9 Å². The second-order valence-electron chi connectivity index (χ2n) is 6.82. The first kappa shape index (κ1) is 22.2. The fourth-order valence-electron chi connectivity index (χ4n) is 2.89. The number of halogens is 1. The molecule has 9 heteroatoms. The maximum absolute atomic E-state index is 12.4. The van der Waals surface area contributed by atoms with Crippen LogP contribution in [-0.2, 0) is 9.53 Å². The van der Waals surface area contributed by atoms with E-state index < -0.39 is 10.9 Å². The molecule has 1 aliphatic rings. The third-order valence-corrected chi connectivity index (χ3v) is 4.96. The Morgan fingerprint density at radius 2 is 2.13 bits per heavy atom. The summed E-state index contributed by atoms with van der Waals surface area (Å²) in [5.41, 5.74) is 2.21. The number of hydrogen-bond acceptors (Lipinski definition) is 7. The minimum absolute atomic E-state index is 0.0184. The van der Waals surface area contributed by atoms with E-state index in [-0.39, 0.29) is 17.3 Å². The molecule has 31 heavy (non-hydrogen) atoms. The summed E-state index contributed by atoms with van der Waals surface area (Å²) in [5.74, 6) is 0.342. The van der Waals surface area contributed by atoms with Crippen molar-refractivity contribution in [3.8, 4) is 11.5 Å². The van der Waals surface area contributed by atoms with Crippen molar-refractivity contribution in [1.29, 1.82) is 0 Å². The normalized spacial score (nSPS) is 14.3. The first-order valence-electron chi connectivity index (χ1n) is 9.13. The van der Waals surface area contributed by atoms with Crippen LogP contribution < -0.4 is 9.47 Å². The summed E-state index contributed by atoms with van der Waals surface area (Å²) in [7, 11) is 1.51. The van der Waals surface area contributed by atoms with Gasteiger partial charge in [0, 0.05) is 17.2 Å². The van der Waals surface area contributed by atoms with Crippen LogP contribution in [0, 0.1) is 17.0 Å². The molecule has 1 heterocycles. The van der Waals surface area contributed by atoms with E-state index >= 15 is 0 Å². The molecule has 0 fully saturated rings. The largest absolute Gasteiger partial charge is 0.493 e. The number of hydrogen-bond donors (Lipinski definition) is 0. The molecule has 0 bridgehead atoms. The van der Waals surface area contributed by atoms with Gasteiger partial charge >= 0.3 is 5.97 Å². The molecule has 2 aromatic carbocycles. The number of rotatable bonds is 7. The van der Waals surface area contributed by atoms with Crippen molar-refractivity contribution in [2.75, 3.05) is 13.7 Å². The summed E-state index contributed by atoms with van der Waals surface area (Å²) in [4.78, 5) is 27.3. The number of nitrogens with zero attached hydrogens (tertiary/aromatic N) is 2. The van der Waals surface area contributed by atoms with Crippen LogP contribution >= 0.6 is 15.9 Å². The highest BCUT2D eigenvalue weighted by Crippen LogP contribution is 2.38. The van der Waals surface area contributed by atoms with Gasteiger partial charge in [0.05, 0.1) is 16.5 Å². The van der Waals surface area contributed by atoms with Crippen LogP contribution in [-0.4, -0.2) is 30.5 Å². The van der Waals surface area contributed by atoms with Crippen LogP contribution in [0.4, 0.5) is 5.69 Å². The Morgan fingerprint density at radius 1 is 1.39 bits per heavy atom. The molecular weight excluding hydrogens is 468 g/mol. The predicted molar refractivity (Wildman–Crippen MR) is 119 cm³/mol. The Labute approximate surface area is 187 Å². The Kier molecular flexibility index (Phi) is 6.55. The molecule has 2 aromatic rings. The number of nitro groups is 1. The van der Waals surface area contributed by atoms with E-state index in [1.807, 2.05) is 6.92 Å². The van der Waals surface area contributed by atoms with Crippen LogP contribution in [0.25, 0.3) is 6.08 Å². The zero-order chi connectivity index (χ0) is 22.7. The molecule has 0 unspecified atom stereocenters. The number of esters is 1. The van der Waals surface area contributed by atoms with Gasteiger partial charge in [0.2, 0.25) is 5.90 Å². The van der Waals surface area contributed by atoms with E-state index in [1.54, 1.807) is 25.1 Å². The van der Waals surface area contributed by atoms with Crippen molar-refractivity contribution in [2.45, 2.75) is 13.8 Å². The Hall–Kier alpha value is -3.46. The first-order chi connectivity index (χ1) is 14.7. The van der Waals surface area contributed by atoms with Crippen molar-refractivity contribution in [1.82, 2.24) is 0 Å². The van der Waals surface area contributed by atoms with Gasteiger partial charge in [-0.2, -0.15) is 0 Å². The molecule has 1 aliphatic heterocycles. The zero-order valence-electron chi connectivity index (χ0n) is 17.1. The molecule has 0 spiro atoms. The van der Waals surface area contributed by atoms with Crippen molar-refractivity contribution < 1.29 is 23.9 Å². The SMILES string of the molecule is C=C(C)COc1c(Br)cc(/C=C2\N=C(c3cccc([N+](=O)[O-])c3C)OC2=O)cc1OC. The number of carbonyl (C=O) groups is 1. The summed E-state index contributed by atoms with van der Waals surface area (Å²) in [5, 5.41) is 11.2. The van der Waals surface area contributed by atoms with Gasteiger partial charge in [-0.1, -0.05) is 12.6 Å². The molecule has 0 aliphatic carbocycles. The Balaban J connectivity index is 1.97. The first-order valence-corrected chi connectivity index (χ1v) is 9.92. The average Bonchev–Trinajstić information content (AvgIpc) is 3.06. The van der Waals surface area contributed by atoms with Crippen molar-refractivity contribution in [3.05, 3.63) is 79.5 Å². The van der Waals surface area contributed by atoms with Crippen molar-refractivity contribution in [3.63, 3.8) is 0 Å². The predicted octanol–water partition coefficient (Wildman–Crippen LogP) is 4.97. The molecule has 0 amide bonds. The molecular formula is C22H19BrN2O6. The highest BCUT2D eigenvalue weighted by Gasteiger charge is 2.27. The molecule has 8 nitrogen and oxygen atoms in total. The number of methoxy groups -OCH3 is 1. The van der Waals surface area contributed by atoms with Gasteiger partial charge < -0.3 is 14.2 Å². The summed E-state index contributed by atoms with van der Waals surface area (Å²) in [6, 6.07) is 7.97. The van der Waals surface area contributed by atoms with Crippen LogP contribution in [0.3, 0.4) is 0 Å². The molecule has 0 saturated carbocycles. The monoisotopic (exact) mass is 486 g/mol. The van der Waals surface area contributed by atoms with Gasteiger partial charge in [-0.05, 0) is 65.2 Å². The summed E-state index contributed by atoms with van der Waals surface area (Å²) < 4.78 is 17.0. The van der Waals surface area contributed by atoms with Gasteiger partial charge in [-0.15, -0.1) is 0 Å².